The first-order valence-corrected chi connectivity index (χ1v) is 12.9. The van der Waals surface area contributed by atoms with Crippen LogP contribution in [0.2, 0.25) is 0 Å². The van der Waals surface area contributed by atoms with Crippen LogP contribution in [0.25, 0.3) is 11.0 Å². The van der Waals surface area contributed by atoms with Gasteiger partial charge in [-0.1, -0.05) is 66.0 Å². The van der Waals surface area contributed by atoms with Crippen LogP contribution in [0.1, 0.15) is 94.6 Å². The van der Waals surface area contributed by atoms with Gasteiger partial charge in [0.25, 0.3) is 0 Å². The van der Waals surface area contributed by atoms with Crippen LogP contribution >= 0.6 is 0 Å². The molecule has 1 heterocycles. The number of rotatable bonds is 6. The smallest absolute Gasteiger partial charge is 0.341 e. The maximum Gasteiger partial charge on any atom is 0.341 e. The van der Waals surface area contributed by atoms with Gasteiger partial charge in [-0.15, -0.1) is 0 Å². The number of esters is 1. The number of carbonyl (C=O) groups is 1. The van der Waals surface area contributed by atoms with E-state index in [4.69, 9.17) is 14.5 Å². The Balaban J connectivity index is 0.00000108. The molecule has 0 amide bonds. The summed E-state index contributed by atoms with van der Waals surface area (Å²) < 4.78 is 12.8. The summed E-state index contributed by atoms with van der Waals surface area (Å²) in [4.78, 5) is 17.2. The number of nitrogens with one attached hydrogen (secondary N) is 1. The van der Waals surface area contributed by atoms with Crippen LogP contribution in [-0.4, -0.2) is 29.7 Å². The van der Waals surface area contributed by atoms with Crippen molar-refractivity contribution in [3.8, 4) is 5.75 Å². The van der Waals surface area contributed by atoms with E-state index >= 15 is 0 Å². The number of hydrogen-bond donors (Lipinski definition) is 1. The second-order valence-electron chi connectivity index (χ2n) is 9.87. The topological polar surface area (TPSA) is 65.4 Å². The fourth-order valence-electron chi connectivity index (χ4n) is 4.74. The highest BCUT2D eigenvalue weighted by Gasteiger charge is 2.26. The van der Waals surface area contributed by atoms with Crippen LogP contribution in [0, 0.1) is 5.92 Å². The van der Waals surface area contributed by atoms with E-state index in [0.717, 1.165) is 35.5 Å². The van der Waals surface area contributed by atoms with E-state index < -0.39 is 5.97 Å². The van der Waals surface area contributed by atoms with Crippen molar-refractivity contribution in [1.29, 1.82) is 0 Å². The van der Waals surface area contributed by atoms with Crippen LogP contribution in [0.15, 0.2) is 36.4 Å². The molecule has 1 fully saturated rings. The first-order chi connectivity index (χ1) is 16.8. The van der Waals surface area contributed by atoms with Gasteiger partial charge in [0.2, 0.25) is 5.95 Å². The second kappa shape index (κ2) is 12.1. The molecule has 0 saturated heterocycles. The first kappa shape index (κ1) is 26.6. The van der Waals surface area contributed by atoms with Gasteiger partial charge in [-0.25, -0.2) is 9.78 Å². The van der Waals surface area contributed by atoms with Crippen LogP contribution in [0.4, 0.5) is 11.6 Å². The number of aromatic nitrogens is 2. The molecule has 190 valence electrons. The lowest BCUT2D eigenvalue weighted by Crippen LogP contribution is -2.19. The first-order valence-electron chi connectivity index (χ1n) is 12.9. The van der Waals surface area contributed by atoms with Crippen molar-refractivity contribution < 1.29 is 14.3 Å². The molecule has 0 bridgehead atoms. The lowest BCUT2D eigenvalue weighted by Gasteiger charge is -2.29. The maximum absolute atomic E-state index is 12.3. The zero-order valence-corrected chi connectivity index (χ0v) is 22.4. The SMILES string of the molecule is CCC.COC(=O)c1cc2nc(Nc3ccc(C(C)C)cc3)n(C3CCCC(C)C3)c2cc1OC. The number of ether oxygens (including phenoxy) is 2. The van der Waals surface area contributed by atoms with Crippen molar-refractivity contribution in [2.45, 2.75) is 78.7 Å². The number of benzene rings is 2. The largest absolute Gasteiger partial charge is 0.496 e. The van der Waals surface area contributed by atoms with Gasteiger partial charge >= 0.3 is 5.97 Å². The summed E-state index contributed by atoms with van der Waals surface area (Å²) in [6.45, 7) is 11.0. The van der Waals surface area contributed by atoms with E-state index in [-0.39, 0.29) is 0 Å². The summed E-state index contributed by atoms with van der Waals surface area (Å²) >= 11 is 0. The van der Waals surface area contributed by atoms with Crippen LogP contribution < -0.4 is 10.1 Å². The average molecular weight is 480 g/mol. The number of hydrogen-bond acceptors (Lipinski definition) is 5. The summed E-state index contributed by atoms with van der Waals surface area (Å²) in [6, 6.07) is 12.5. The Morgan fingerprint density at radius 2 is 1.83 bits per heavy atom. The minimum absolute atomic E-state index is 0.342. The Bertz CT molecular complexity index is 1120. The third-order valence-electron chi connectivity index (χ3n) is 6.52. The lowest BCUT2D eigenvalue weighted by atomic mass is 9.87. The maximum atomic E-state index is 12.3. The van der Waals surface area contributed by atoms with E-state index in [1.165, 1.54) is 31.9 Å². The quantitative estimate of drug-likeness (QED) is 0.364. The molecule has 35 heavy (non-hydrogen) atoms. The van der Waals surface area contributed by atoms with Crippen molar-refractivity contribution in [3.63, 3.8) is 0 Å². The molecule has 0 aliphatic heterocycles. The number of imidazole rings is 1. The molecule has 1 aliphatic rings. The monoisotopic (exact) mass is 479 g/mol. The Kier molecular flexibility index (Phi) is 9.19. The third kappa shape index (κ3) is 6.16. The molecule has 6 nitrogen and oxygen atoms in total. The molecule has 1 N–H and O–H groups in total. The van der Waals surface area contributed by atoms with Crippen molar-refractivity contribution in [2.24, 2.45) is 5.92 Å². The highest BCUT2D eigenvalue weighted by Crippen LogP contribution is 2.39. The van der Waals surface area contributed by atoms with Gasteiger partial charge in [0.15, 0.2) is 0 Å². The van der Waals surface area contributed by atoms with Gasteiger partial charge in [0.1, 0.15) is 11.3 Å². The summed E-state index contributed by atoms with van der Waals surface area (Å²) in [7, 11) is 2.95. The molecule has 2 unspecified atom stereocenters. The van der Waals surface area contributed by atoms with Gasteiger partial charge < -0.3 is 19.4 Å². The number of nitrogens with zero attached hydrogens (tertiary/aromatic N) is 2. The Morgan fingerprint density at radius 1 is 1.14 bits per heavy atom. The van der Waals surface area contributed by atoms with Crippen molar-refractivity contribution in [3.05, 3.63) is 47.5 Å². The van der Waals surface area contributed by atoms with Gasteiger partial charge in [-0.3, -0.25) is 0 Å². The molecule has 2 atom stereocenters. The Hall–Kier alpha value is -3.02. The summed E-state index contributed by atoms with van der Waals surface area (Å²) in [5.41, 5.74) is 4.41. The van der Waals surface area contributed by atoms with Gasteiger partial charge in [-0.2, -0.15) is 0 Å². The zero-order valence-electron chi connectivity index (χ0n) is 22.4. The molecule has 3 aromatic rings. The molecule has 2 aromatic carbocycles. The normalized spacial score (nSPS) is 17.6. The van der Waals surface area contributed by atoms with E-state index in [1.807, 2.05) is 6.07 Å². The highest BCUT2D eigenvalue weighted by molar-refractivity contribution is 5.97. The Labute approximate surface area is 210 Å². The predicted octanol–water partition coefficient (Wildman–Crippen LogP) is 7.87. The number of fused-ring (bicyclic) bond motifs is 1. The predicted molar refractivity (Wildman–Crippen MR) is 144 cm³/mol. The second-order valence-corrected chi connectivity index (χ2v) is 9.87. The molecule has 6 heteroatoms. The Morgan fingerprint density at radius 3 is 2.40 bits per heavy atom. The zero-order chi connectivity index (χ0) is 25.5. The van der Waals surface area contributed by atoms with Crippen LogP contribution in [0.3, 0.4) is 0 Å². The molecular formula is C29H41N3O3. The molecule has 1 aliphatic carbocycles. The minimum Gasteiger partial charge on any atom is -0.496 e. The third-order valence-corrected chi connectivity index (χ3v) is 6.52. The highest BCUT2D eigenvalue weighted by atomic mass is 16.5. The molecule has 4 rings (SSSR count). The van der Waals surface area contributed by atoms with Gasteiger partial charge in [0.05, 0.1) is 25.3 Å². The fraction of sp³-hybridized carbons (Fsp3) is 0.517. The van der Waals surface area contributed by atoms with Crippen molar-refractivity contribution in [1.82, 2.24) is 9.55 Å². The van der Waals surface area contributed by atoms with E-state index in [0.29, 0.717) is 29.2 Å². The molecule has 1 saturated carbocycles. The fourth-order valence-corrected chi connectivity index (χ4v) is 4.74. The molecule has 0 spiro atoms. The van der Waals surface area contributed by atoms with Gasteiger partial charge in [0, 0.05) is 17.8 Å². The molecule has 0 radical (unpaired) electrons. The number of methoxy groups -OCH3 is 2. The van der Waals surface area contributed by atoms with Crippen molar-refractivity contribution >= 4 is 28.6 Å². The van der Waals surface area contributed by atoms with E-state index in [9.17, 15) is 4.79 Å². The summed E-state index contributed by atoms with van der Waals surface area (Å²) in [6.07, 6.45) is 5.93. The molecule has 1 aromatic heterocycles. The van der Waals surface area contributed by atoms with Crippen molar-refractivity contribution in [2.75, 3.05) is 19.5 Å². The average Bonchev–Trinajstić information content (AvgIpc) is 3.20. The number of anilines is 2. The van der Waals surface area contributed by atoms with E-state index in [2.05, 4.69) is 68.8 Å². The summed E-state index contributed by atoms with van der Waals surface area (Å²) in [5, 5.41) is 3.54. The minimum atomic E-state index is -0.427. The van der Waals surface area contributed by atoms with Crippen LogP contribution in [0.5, 0.6) is 5.75 Å². The number of carbonyl (C=O) groups excluding carboxylic acids is 1. The van der Waals surface area contributed by atoms with Gasteiger partial charge in [-0.05, 0) is 48.4 Å². The van der Waals surface area contributed by atoms with Crippen LogP contribution in [-0.2, 0) is 4.74 Å². The molecular weight excluding hydrogens is 438 g/mol. The standard InChI is InChI=1S/C26H33N3O3.C3H8/c1-16(2)18-9-11-19(12-10-18)27-26-28-22-14-21(25(30)32-5)24(31-4)15-23(22)29(26)20-8-6-7-17(3)13-20;1-3-2/h9-12,14-17,20H,6-8,13H2,1-5H3,(H,27,28);3H2,1-2H3. The lowest BCUT2D eigenvalue weighted by molar-refractivity contribution is 0.0597. The summed E-state index contributed by atoms with van der Waals surface area (Å²) in [5.74, 6) is 2.02. The van der Waals surface area contributed by atoms with E-state index in [1.54, 1.807) is 13.2 Å².